The van der Waals surface area contributed by atoms with Crippen LogP contribution < -0.4 is 20.8 Å². The summed E-state index contributed by atoms with van der Waals surface area (Å²) in [5, 5.41) is 50.4. The molecule has 4 aliphatic rings. The van der Waals surface area contributed by atoms with Crippen LogP contribution in [0.3, 0.4) is 0 Å². The van der Waals surface area contributed by atoms with Crippen LogP contribution in [0, 0.1) is 36.5 Å². The largest absolute Gasteiger partial charge is 0.507 e. The van der Waals surface area contributed by atoms with E-state index in [1.54, 1.807) is 45.9 Å². The lowest BCUT2D eigenvalue weighted by Gasteiger charge is -2.39. The second kappa shape index (κ2) is 17.4. The molecule has 2 aromatic rings. The van der Waals surface area contributed by atoms with Crippen molar-refractivity contribution in [3.63, 3.8) is 0 Å². The fourth-order valence-electron chi connectivity index (χ4n) is 9.45. The van der Waals surface area contributed by atoms with Crippen molar-refractivity contribution in [1.82, 2.24) is 4.90 Å². The van der Waals surface area contributed by atoms with Gasteiger partial charge in [-0.2, -0.15) is 0 Å². The predicted octanol–water partition coefficient (Wildman–Crippen LogP) is 5.96. The number of carbonyl (C=O) groups is 2. The number of methoxy groups -OCH3 is 1. The summed E-state index contributed by atoms with van der Waals surface area (Å²) < 4.78 is 24.5. The molecule has 1 amide bonds. The predicted molar refractivity (Wildman–Crippen MR) is 232 cm³/mol. The highest BCUT2D eigenvalue weighted by molar-refractivity contribution is 6.21. The van der Waals surface area contributed by atoms with Gasteiger partial charge >= 0.3 is 5.79 Å². The number of aliphatic hydroxyl groups excluding tert-OH is 1. The molecule has 0 saturated carbocycles. The van der Waals surface area contributed by atoms with Crippen molar-refractivity contribution in [3.8, 4) is 17.2 Å². The molecule has 61 heavy (non-hydrogen) atoms. The van der Waals surface area contributed by atoms with Gasteiger partial charge in [0.25, 0.3) is 11.7 Å². The molecule has 4 unspecified atom stereocenters. The Morgan fingerprint density at radius 3 is 2.31 bits per heavy atom. The van der Waals surface area contributed by atoms with Crippen LogP contribution in [0.5, 0.6) is 17.2 Å². The van der Waals surface area contributed by atoms with Gasteiger partial charge in [0.15, 0.2) is 11.5 Å². The first-order chi connectivity index (χ1) is 28.5. The van der Waals surface area contributed by atoms with Crippen LogP contribution in [0.2, 0.25) is 0 Å². The number of anilines is 1. The first-order valence-electron chi connectivity index (χ1n) is 21.6. The number of hydrogen-bond acceptors (Lipinski definition) is 13. The Morgan fingerprint density at radius 1 is 1.02 bits per heavy atom. The van der Waals surface area contributed by atoms with E-state index in [2.05, 4.69) is 29.1 Å². The minimum absolute atomic E-state index is 0.0120. The van der Waals surface area contributed by atoms with Gasteiger partial charge in [-0.1, -0.05) is 59.8 Å². The third-order valence-corrected chi connectivity index (χ3v) is 12.8. The number of benzene rings is 2. The minimum atomic E-state index is -1.91. The monoisotopic (exact) mass is 846 g/mol. The van der Waals surface area contributed by atoms with Crippen molar-refractivity contribution in [3.05, 3.63) is 58.0 Å². The number of nitrogens with zero attached hydrogens (tertiary/aromatic N) is 3. The number of allylic oxidation sites excluding steroid dienone is 3. The summed E-state index contributed by atoms with van der Waals surface area (Å²) >= 11 is 0. The van der Waals surface area contributed by atoms with Crippen LogP contribution in [0.15, 0.2) is 46.1 Å². The van der Waals surface area contributed by atoms with Crippen molar-refractivity contribution in [2.45, 2.75) is 131 Å². The highest BCUT2D eigenvalue weighted by Crippen LogP contribution is 2.51. The van der Waals surface area contributed by atoms with E-state index in [0.29, 0.717) is 36.4 Å². The second-order valence-corrected chi connectivity index (χ2v) is 18.9. The Kier molecular flexibility index (Phi) is 13.2. The van der Waals surface area contributed by atoms with Crippen molar-refractivity contribution >= 4 is 28.2 Å². The maximum atomic E-state index is 14.7. The number of aromatic hydroxyl groups is 2. The number of hydrogen-bond donors (Lipinski definition) is 5. The van der Waals surface area contributed by atoms with Crippen LogP contribution >= 0.6 is 0 Å². The third kappa shape index (κ3) is 9.11. The lowest BCUT2D eigenvalue weighted by Crippen LogP contribution is -2.47. The van der Waals surface area contributed by atoms with Crippen molar-refractivity contribution in [2.75, 3.05) is 32.1 Å². The lowest BCUT2D eigenvalue weighted by molar-refractivity contribution is -0.236. The molecule has 4 aliphatic heterocycles. The third-order valence-electron chi connectivity index (χ3n) is 12.8. The van der Waals surface area contributed by atoms with Crippen molar-refractivity contribution in [2.24, 2.45) is 39.6 Å². The molecule has 2 aromatic carbocycles. The molecular weight excluding hydrogens is 781 g/mol. The number of ketones is 1. The number of aliphatic hydroxyl groups is 2. The average molecular weight is 847 g/mol. The van der Waals surface area contributed by atoms with E-state index in [4.69, 9.17) is 23.9 Å². The highest BCUT2D eigenvalue weighted by atomic mass is 16.7. The first kappa shape index (κ1) is 46.2. The SMILES string of the molecule is CO[C@H]1/C=C/OC2(C)Oc3c(C)c(O)c4c(O)c(c5c(c4c3C2=O)NC2(CCN(CC(C)C)CC2)N=5)=NC(=O)/C(C)=C\C=C\C(C)C[C@@H](C)C(OC(C)(C)O)[C@@H](C)C(O)[C@@H]1C. The van der Waals surface area contributed by atoms with Crippen LogP contribution in [0.4, 0.5) is 5.69 Å². The molecule has 14 nitrogen and oxygen atoms in total. The molecule has 0 radical (unpaired) electrons. The zero-order valence-electron chi connectivity index (χ0n) is 37.8. The summed E-state index contributed by atoms with van der Waals surface area (Å²) in [4.78, 5) is 40.6. The van der Waals surface area contributed by atoms with Gasteiger partial charge in [0.2, 0.25) is 0 Å². The summed E-state index contributed by atoms with van der Waals surface area (Å²) in [6, 6.07) is 0. The molecule has 1 saturated heterocycles. The van der Waals surface area contributed by atoms with E-state index in [0.717, 1.165) is 19.6 Å². The smallest absolute Gasteiger partial charge is 0.312 e. The molecule has 5 N–H and O–H groups in total. The summed E-state index contributed by atoms with van der Waals surface area (Å²) in [6.07, 6.45) is 8.01. The fraction of sp³-hybridized carbons (Fsp3) is 0.617. The van der Waals surface area contributed by atoms with Gasteiger partial charge < -0.3 is 49.6 Å². The number of nitrogens with one attached hydrogen (secondary N) is 1. The zero-order valence-corrected chi connectivity index (χ0v) is 37.8. The summed E-state index contributed by atoms with van der Waals surface area (Å²) in [6.45, 7) is 22.4. The minimum Gasteiger partial charge on any atom is -0.507 e. The Labute approximate surface area is 359 Å². The zero-order chi connectivity index (χ0) is 44.9. The van der Waals surface area contributed by atoms with Crippen LogP contribution in [-0.4, -0.2) is 99.3 Å². The number of carbonyl (C=O) groups excluding carboxylic acids is 2. The van der Waals surface area contributed by atoms with Gasteiger partial charge in [0, 0.05) is 74.9 Å². The van der Waals surface area contributed by atoms with E-state index >= 15 is 0 Å². The molecule has 14 heteroatoms. The standard InChI is InChI=1S/C47H66N4O10/c1-24(2)23-51-19-17-47(18-20-51)49-35-32-33-39(53)30(8)42-34(32)43(55)46(11,61-42)59-21-16-31(58-12)28(6)38(52)29(7)41(60-45(9,10)57)27(5)22-25(3)14-13-15-26(4)44(56)48-37(40(33)54)36(35)50-47/h13-16,21,24-25,27-29,31,38,41,49,52-54,57H,17-20,22-23H2,1-12H3/b14-13+,21-16+,26-15-,48-37?/t25?,27-,28-,29+,31+,38?,41?,46?/m1/s1. The van der Waals surface area contributed by atoms with E-state index in [9.17, 15) is 30.0 Å². The normalized spacial score (nSPS) is 31.9. The molecular formula is C47H66N4O10. The lowest BCUT2D eigenvalue weighted by atomic mass is 9.79. The van der Waals surface area contributed by atoms with Crippen LogP contribution in [0.25, 0.3) is 10.8 Å². The number of rotatable bonds is 5. The Balaban J connectivity index is 1.53. The van der Waals surface area contributed by atoms with Crippen LogP contribution in [-0.2, 0) is 19.0 Å². The summed E-state index contributed by atoms with van der Waals surface area (Å²) in [5.41, 5.74) is 0.104. The summed E-state index contributed by atoms with van der Waals surface area (Å²) in [5.74, 6) is -5.88. The molecule has 1 fully saturated rings. The molecule has 334 valence electrons. The van der Waals surface area contributed by atoms with Crippen molar-refractivity contribution in [1.29, 1.82) is 0 Å². The number of phenolic OH excluding ortho intramolecular Hbond substituents is 2. The second-order valence-electron chi connectivity index (χ2n) is 18.9. The number of piperidine rings is 1. The van der Waals surface area contributed by atoms with Gasteiger partial charge in [-0.25, -0.2) is 4.99 Å². The molecule has 8 atom stereocenters. The number of Topliss-reactive ketones (excluding diaryl/α,β-unsaturated/α-hetero) is 1. The number of amides is 1. The van der Waals surface area contributed by atoms with E-state index in [1.165, 1.54) is 20.3 Å². The van der Waals surface area contributed by atoms with Gasteiger partial charge in [-0.15, -0.1) is 0 Å². The van der Waals surface area contributed by atoms with Gasteiger partial charge in [0.1, 0.15) is 27.9 Å². The number of ether oxygens (including phenoxy) is 4. The van der Waals surface area contributed by atoms with Crippen molar-refractivity contribution < 1.29 is 49.0 Å². The highest BCUT2D eigenvalue weighted by Gasteiger charge is 2.50. The Hall–Kier alpha value is -4.34. The number of phenols is 2. The molecule has 4 bridgehead atoms. The average Bonchev–Trinajstić information content (AvgIpc) is 3.68. The molecule has 0 aromatic heterocycles. The van der Waals surface area contributed by atoms with Gasteiger partial charge in [-0.3, -0.25) is 14.6 Å². The topological polar surface area (TPSA) is 192 Å². The molecule has 6 rings (SSSR count). The van der Waals surface area contributed by atoms with Crippen LogP contribution in [0.1, 0.15) is 104 Å². The fourth-order valence-corrected chi connectivity index (χ4v) is 9.45. The number of fused-ring (bicyclic) bond motifs is 1. The Morgan fingerprint density at radius 2 is 1.69 bits per heavy atom. The van der Waals surface area contributed by atoms with E-state index in [1.807, 2.05) is 33.8 Å². The molecule has 0 aliphatic carbocycles. The maximum Gasteiger partial charge on any atom is 0.312 e. The summed E-state index contributed by atoms with van der Waals surface area (Å²) in [7, 11) is 1.52. The van der Waals surface area contributed by atoms with Gasteiger partial charge in [0.05, 0.1) is 41.2 Å². The maximum absolute atomic E-state index is 14.7. The molecule has 4 heterocycles. The Bertz CT molecular complexity index is 2250. The van der Waals surface area contributed by atoms with E-state index < -0.39 is 64.8 Å². The van der Waals surface area contributed by atoms with Gasteiger partial charge in [-0.05, 0) is 57.9 Å². The molecule has 1 spiro atoms. The first-order valence-corrected chi connectivity index (χ1v) is 21.6. The quantitative estimate of drug-likeness (QED) is 0.176. The van der Waals surface area contributed by atoms with E-state index in [-0.39, 0.29) is 55.9 Å². The number of likely N-dealkylation sites (tertiary alicyclic amines) is 1.